The topological polar surface area (TPSA) is 110 Å². The number of carbonyl (C=O) groups is 1. The Morgan fingerprint density at radius 3 is 2.12 bits per heavy atom. The van der Waals surface area contributed by atoms with Crippen molar-refractivity contribution in [1.82, 2.24) is 5.32 Å². The van der Waals surface area contributed by atoms with Crippen LogP contribution in [0.4, 0.5) is 11.4 Å². The summed E-state index contributed by atoms with van der Waals surface area (Å²) in [5, 5.41) is 13.8. The second-order valence-corrected chi connectivity index (χ2v) is 9.45. The first-order chi connectivity index (χ1) is 15.8. The summed E-state index contributed by atoms with van der Waals surface area (Å²) in [5.41, 5.74) is 1.14. The SMILES string of the molecule is C[C@@H](CCc1ccccc1)NC(=O)CN(c1ccc([N+](=O)[O-])cc1)S(=O)(=O)c1ccccc1. The molecule has 3 aromatic rings. The monoisotopic (exact) mass is 467 g/mol. The van der Waals surface area contributed by atoms with Crippen molar-refractivity contribution < 1.29 is 18.1 Å². The molecule has 172 valence electrons. The van der Waals surface area contributed by atoms with Gasteiger partial charge in [-0.25, -0.2) is 8.42 Å². The number of rotatable bonds is 10. The van der Waals surface area contributed by atoms with Crippen molar-refractivity contribution in [3.63, 3.8) is 0 Å². The largest absolute Gasteiger partial charge is 0.352 e. The molecule has 9 heteroatoms. The zero-order chi connectivity index (χ0) is 23.8. The number of hydrogen-bond acceptors (Lipinski definition) is 5. The van der Waals surface area contributed by atoms with Crippen molar-refractivity contribution in [2.45, 2.75) is 30.7 Å². The van der Waals surface area contributed by atoms with E-state index in [1.165, 1.54) is 36.4 Å². The van der Waals surface area contributed by atoms with Crippen LogP contribution in [0.1, 0.15) is 18.9 Å². The van der Waals surface area contributed by atoms with E-state index in [0.29, 0.717) is 6.42 Å². The molecule has 0 saturated carbocycles. The fourth-order valence-corrected chi connectivity index (χ4v) is 4.77. The Hall–Kier alpha value is -3.72. The first kappa shape index (κ1) is 23.9. The molecule has 0 radical (unpaired) electrons. The summed E-state index contributed by atoms with van der Waals surface area (Å²) in [4.78, 5) is 23.2. The molecule has 33 heavy (non-hydrogen) atoms. The van der Waals surface area contributed by atoms with Gasteiger partial charge in [0, 0.05) is 18.2 Å². The number of sulfonamides is 1. The Bertz CT molecular complexity index is 1180. The molecule has 0 aliphatic rings. The minimum Gasteiger partial charge on any atom is -0.352 e. The van der Waals surface area contributed by atoms with E-state index in [4.69, 9.17) is 0 Å². The lowest BCUT2D eigenvalue weighted by Gasteiger charge is -2.25. The van der Waals surface area contributed by atoms with Gasteiger partial charge in [-0.1, -0.05) is 48.5 Å². The van der Waals surface area contributed by atoms with E-state index in [1.807, 2.05) is 37.3 Å². The molecular formula is C24H25N3O5S. The van der Waals surface area contributed by atoms with Crippen molar-refractivity contribution in [2.24, 2.45) is 0 Å². The zero-order valence-electron chi connectivity index (χ0n) is 18.1. The molecule has 0 aliphatic heterocycles. The third-order valence-corrected chi connectivity index (χ3v) is 6.87. The first-order valence-electron chi connectivity index (χ1n) is 10.4. The van der Waals surface area contributed by atoms with Gasteiger partial charge >= 0.3 is 0 Å². The Kier molecular flexibility index (Phi) is 7.78. The molecule has 8 nitrogen and oxygen atoms in total. The van der Waals surface area contributed by atoms with Crippen LogP contribution < -0.4 is 9.62 Å². The normalized spacial score (nSPS) is 12.0. The van der Waals surface area contributed by atoms with Gasteiger partial charge in [0.25, 0.3) is 15.7 Å². The predicted octanol–water partition coefficient (Wildman–Crippen LogP) is 3.93. The van der Waals surface area contributed by atoms with Gasteiger partial charge in [0.05, 0.1) is 15.5 Å². The molecule has 0 spiro atoms. The maximum Gasteiger partial charge on any atom is 0.269 e. The van der Waals surface area contributed by atoms with Gasteiger partial charge < -0.3 is 5.32 Å². The Morgan fingerprint density at radius 2 is 1.55 bits per heavy atom. The van der Waals surface area contributed by atoms with Crippen molar-refractivity contribution in [3.8, 4) is 0 Å². The van der Waals surface area contributed by atoms with E-state index < -0.39 is 27.4 Å². The van der Waals surface area contributed by atoms with E-state index in [2.05, 4.69) is 5.32 Å². The fourth-order valence-electron chi connectivity index (χ4n) is 3.33. The fraction of sp³-hybridized carbons (Fsp3) is 0.208. The van der Waals surface area contributed by atoms with Crippen LogP contribution in [0.15, 0.2) is 89.8 Å². The lowest BCUT2D eigenvalue weighted by Crippen LogP contribution is -2.43. The lowest BCUT2D eigenvalue weighted by molar-refractivity contribution is -0.384. The third kappa shape index (κ3) is 6.39. The van der Waals surface area contributed by atoms with E-state index >= 15 is 0 Å². The highest BCUT2D eigenvalue weighted by Gasteiger charge is 2.28. The van der Waals surface area contributed by atoms with E-state index in [9.17, 15) is 23.3 Å². The van der Waals surface area contributed by atoms with Gasteiger partial charge in [-0.05, 0) is 49.6 Å². The van der Waals surface area contributed by atoms with Crippen LogP contribution >= 0.6 is 0 Å². The predicted molar refractivity (Wildman–Crippen MR) is 126 cm³/mol. The van der Waals surface area contributed by atoms with Crippen LogP contribution in [0.2, 0.25) is 0 Å². The second-order valence-electron chi connectivity index (χ2n) is 7.59. The van der Waals surface area contributed by atoms with Crippen LogP contribution in [0.3, 0.4) is 0 Å². The van der Waals surface area contributed by atoms with Crippen LogP contribution in [-0.4, -0.2) is 31.8 Å². The summed E-state index contributed by atoms with van der Waals surface area (Å²) in [5.74, 6) is -0.464. The van der Waals surface area contributed by atoms with Gasteiger partial charge in [-0.15, -0.1) is 0 Å². The molecule has 3 aromatic carbocycles. The van der Waals surface area contributed by atoms with Gasteiger partial charge in [-0.3, -0.25) is 19.2 Å². The van der Waals surface area contributed by atoms with Crippen molar-refractivity contribution in [3.05, 3.63) is 101 Å². The van der Waals surface area contributed by atoms with E-state index in [-0.39, 0.29) is 22.3 Å². The quantitative estimate of drug-likeness (QED) is 0.359. The first-order valence-corrected chi connectivity index (χ1v) is 11.9. The Labute approximate surface area is 193 Å². The molecule has 0 aromatic heterocycles. The van der Waals surface area contributed by atoms with Gasteiger partial charge in [0.1, 0.15) is 6.54 Å². The van der Waals surface area contributed by atoms with Crippen molar-refractivity contribution in [1.29, 1.82) is 0 Å². The summed E-state index contributed by atoms with van der Waals surface area (Å²) >= 11 is 0. The summed E-state index contributed by atoms with van der Waals surface area (Å²) in [6.45, 7) is 1.41. The van der Waals surface area contributed by atoms with Crippen LogP contribution in [0, 0.1) is 10.1 Å². The standard InChI is InChI=1S/C24H25N3O5S/c1-19(12-13-20-8-4-2-5-9-20)25-24(28)18-26(21-14-16-22(17-15-21)27(29)30)33(31,32)23-10-6-3-7-11-23/h2-11,14-17,19H,12-13,18H2,1H3,(H,25,28)/t19-/m0/s1. The minimum absolute atomic E-state index is 0.0216. The number of nitrogens with one attached hydrogen (secondary N) is 1. The maximum atomic E-state index is 13.3. The number of non-ortho nitro benzene ring substituents is 1. The summed E-state index contributed by atoms with van der Waals surface area (Å²) in [6.07, 6.45) is 1.47. The van der Waals surface area contributed by atoms with Crippen molar-refractivity contribution >= 4 is 27.3 Å². The molecule has 0 saturated heterocycles. The van der Waals surface area contributed by atoms with E-state index in [1.54, 1.807) is 18.2 Å². The number of amides is 1. The number of aryl methyl sites for hydroxylation is 1. The number of hydrogen-bond donors (Lipinski definition) is 1. The maximum absolute atomic E-state index is 13.3. The smallest absolute Gasteiger partial charge is 0.269 e. The second kappa shape index (κ2) is 10.7. The summed E-state index contributed by atoms with van der Waals surface area (Å²) < 4.78 is 27.6. The number of benzene rings is 3. The highest BCUT2D eigenvalue weighted by molar-refractivity contribution is 7.92. The molecule has 0 bridgehead atoms. The summed E-state index contributed by atoms with van der Waals surface area (Å²) in [7, 11) is -4.07. The average molecular weight is 468 g/mol. The minimum atomic E-state index is -4.07. The van der Waals surface area contributed by atoms with Crippen LogP contribution in [0.25, 0.3) is 0 Å². The Morgan fingerprint density at radius 1 is 0.970 bits per heavy atom. The number of nitro groups is 1. The average Bonchev–Trinajstić information content (AvgIpc) is 2.82. The van der Waals surface area contributed by atoms with E-state index in [0.717, 1.165) is 16.3 Å². The molecule has 0 unspecified atom stereocenters. The van der Waals surface area contributed by atoms with Gasteiger partial charge in [-0.2, -0.15) is 0 Å². The highest BCUT2D eigenvalue weighted by atomic mass is 32.2. The molecule has 3 rings (SSSR count). The van der Waals surface area contributed by atoms with Gasteiger partial charge in [0.2, 0.25) is 5.91 Å². The lowest BCUT2D eigenvalue weighted by atomic mass is 10.1. The van der Waals surface area contributed by atoms with Gasteiger partial charge in [0.15, 0.2) is 0 Å². The number of carbonyl (C=O) groups excluding carboxylic acids is 1. The number of nitrogens with zero attached hydrogens (tertiary/aromatic N) is 2. The molecule has 1 N–H and O–H groups in total. The molecular weight excluding hydrogens is 442 g/mol. The molecule has 0 aliphatic carbocycles. The third-order valence-electron chi connectivity index (χ3n) is 5.08. The number of anilines is 1. The summed E-state index contributed by atoms with van der Waals surface area (Å²) in [6, 6.07) is 22.5. The Balaban J connectivity index is 1.77. The van der Waals surface area contributed by atoms with Crippen LogP contribution in [0.5, 0.6) is 0 Å². The highest BCUT2D eigenvalue weighted by Crippen LogP contribution is 2.25. The zero-order valence-corrected chi connectivity index (χ0v) is 18.9. The molecule has 0 heterocycles. The van der Waals surface area contributed by atoms with Crippen molar-refractivity contribution in [2.75, 3.05) is 10.8 Å². The molecule has 0 fully saturated rings. The molecule has 1 atom stereocenters. The number of nitro benzene ring substituents is 1. The molecule has 1 amide bonds. The van der Waals surface area contributed by atoms with Crippen LogP contribution in [-0.2, 0) is 21.2 Å².